The van der Waals surface area contributed by atoms with Crippen LogP contribution in [0.4, 0.5) is 0 Å². The average Bonchev–Trinajstić information content (AvgIpc) is 2.99. The van der Waals surface area contributed by atoms with Gasteiger partial charge in [-0.3, -0.25) is 14.5 Å². The van der Waals surface area contributed by atoms with Crippen LogP contribution >= 0.6 is 11.6 Å². The van der Waals surface area contributed by atoms with Gasteiger partial charge in [-0.05, 0) is 66.6 Å². The van der Waals surface area contributed by atoms with Crippen molar-refractivity contribution in [3.63, 3.8) is 0 Å². The minimum atomic E-state index is -1.45. The first-order chi connectivity index (χ1) is 14.4. The maximum absolute atomic E-state index is 13.4. The molecule has 2 aliphatic rings. The molecule has 0 aromatic heterocycles. The van der Waals surface area contributed by atoms with E-state index in [-0.39, 0.29) is 12.3 Å². The monoisotopic (exact) mass is 421 g/mol. The number of ether oxygens (including phenoxy) is 1. The highest BCUT2D eigenvalue weighted by molar-refractivity contribution is 6.30. The molecule has 4 rings (SSSR count). The number of nitrogens with zero attached hydrogens (tertiary/aromatic N) is 2. The third-order valence-corrected chi connectivity index (χ3v) is 5.27. The molecule has 152 valence electrons. The quantitative estimate of drug-likeness (QED) is 0.799. The molecule has 2 aliphatic heterocycles. The Balaban J connectivity index is 1.71. The number of carbonyl (C=O) groups excluding carboxylic acids is 2. The summed E-state index contributed by atoms with van der Waals surface area (Å²) in [5.41, 5.74) is 0.761. The number of hydrogen-bond acceptors (Lipinski definition) is 4. The summed E-state index contributed by atoms with van der Waals surface area (Å²) in [5, 5.41) is 3.40. The standard InChI is InChI=1S/C23H20ClN3O3/c1-15-11-12-27-20(13-15)25-23(22(27)29,14-16-3-9-19(30-2)10-4-16)26-21(28)17-5-7-18(24)8-6-17/h3-13H,14H2,1-2H3,(H,26,28)/t23-/m1/s1. The first kappa shape index (κ1) is 19.9. The Labute approximate surface area is 179 Å². The molecule has 0 aliphatic carbocycles. The van der Waals surface area contributed by atoms with E-state index in [1.54, 1.807) is 37.6 Å². The minimum absolute atomic E-state index is 0.204. The minimum Gasteiger partial charge on any atom is -0.497 e. The van der Waals surface area contributed by atoms with Gasteiger partial charge in [0.1, 0.15) is 11.6 Å². The molecule has 2 aromatic carbocycles. The first-order valence-corrected chi connectivity index (χ1v) is 9.79. The smallest absolute Gasteiger partial charge is 0.281 e. The van der Waals surface area contributed by atoms with Crippen molar-refractivity contribution in [2.24, 2.45) is 4.99 Å². The van der Waals surface area contributed by atoms with Crippen LogP contribution in [0.5, 0.6) is 5.75 Å². The van der Waals surface area contributed by atoms with Crippen molar-refractivity contribution in [1.82, 2.24) is 10.2 Å². The van der Waals surface area contributed by atoms with E-state index in [9.17, 15) is 9.59 Å². The molecule has 30 heavy (non-hydrogen) atoms. The van der Waals surface area contributed by atoms with Gasteiger partial charge < -0.3 is 10.1 Å². The Bertz CT molecular complexity index is 1090. The normalized spacial score (nSPS) is 19.8. The second-order valence-electron chi connectivity index (χ2n) is 7.20. The lowest BCUT2D eigenvalue weighted by Crippen LogP contribution is -2.55. The lowest BCUT2D eigenvalue weighted by molar-refractivity contribution is -0.130. The van der Waals surface area contributed by atoms with Gasteiger partial charge in [-0.15, -0.1) is 0 Å². The number of carbonyl (C=O) groups is 2. The van der Waals surface area contributed by atoms with Crippen LogP contribution in [0.25, 0.3) is 0 Å². The van der Waals surface area contributed by atoms with E-state index in [4.69, 9.17) is 16.3 Å². The molecule has 0 fully saturated rings. The summed E-state index contributed by atoms with van der Waals surface area (Å²) in [6, 6.07) is 13.8. The number of methoxy groups -OCH3 is 1. The molecular formula is C23H20ClN3O3. The highest BCUT2D eigenvalue weighted by atomic mass is 35.5. The largest absolute Gasteiger partial charge is 0.497 e. The van der Waals surface area contributed by atoms with Crippen LogP contribution < -0.4 is 10.1 Å². The molecule has 6 nitrogen and oxygen atoms in total. The van der Waals surface area contributed by atoms with Gasteiger partial charge in [0.25, 0.3) is 11.8 Å². The van der Waals surface area contributed by atoms with Crippen LogP contribution in [-0.4, -0.2) is 35.3 Å². The van der Waals surface area contributed by atoms with Gasteiger partial charge in [-0.2, -0.15) is 0 Å². The number of benzene rings is 2. The molecule has 7 heteroatoms. The van der Waals surface area contributed by atoms with Gasteiger partial charge in [0, 0.05) is 23.2 Å². The molecule has 0 saturated heterocycles. The maximum Gasteiger partial charge on any atom is 0.281 e. The number of halogens is 1. The number of amides is 2. The lowest BCUT2D eigenvalue weighted by Gasteiger charge is -2.27. The number of fused-ring (bicyclic) bond motifs is 1. The number of amidine groups is 1. The number of allylic oxidation sites excluding steroid dienone is 2. The predicted octanol–water partition coefficient (Wildman–Crippen LogP) is 3.73. The fourth-order valence-corrected chi connectivity index (χ4v) is 3.56. The molecule has 1 atom stereocenters. The fourth-order valence-electron chi connectivity index (χ4n) is 3.43. The maximum atomic E-state index is 13.4. The second-order valence-corrected chi connectivity index (χ2v) is 7.63. The Morgan fingerprint density at radius 2 is 1.87 bits per heavy atom. The zero-order chi connectivity index (χ0) is 21.3. The van der Waals surface area contributed by atoms with E-state index in [0.29, 0.717) is 22.2 Å². The molecule has 2 amide bonds. The van der Waals surface area contributed by atoms with E-state index in [0.717, 1.165) is 11.1 Å². The third-order valence-electron chi connectivity index (χ3n) is 5.01. The summed E-state index contributed by atoms with van der Waals surface area (Å²) in [7, 11) is 1.59. The van der Waals surface area contributed by atoms with Gasteiger partial charge in [0.2, 0.25) is 5.66 Å². The molecule has 0 spiro atoms. The molecule has 2 aromatic rings. The van der Waals surface area contributed by atoms with Gasteiger partial charge >= 0.3 is 0 Å². The molecular weight excluding hydrogens is 402 g/mol. The lowest BCUT2D eigenvalue weighted by atomic mass is 9.98. The molecule has 0 bridgehead atoms. The molecule has 1 N–H and O–H groups in total. The Morgan fingerprint density at radius 1 is 1.17 bits per heavy atom. The molecule has 0 radical (unpaired) electrons. The van der Waals surface area contributed by atoms with Crippen LogP contribution in [0.2, 0.25) is 5.02 Å². The zero-order valence-electron chi connectivity index (χ0n) is 16.6. The third kappa shape index (κ3) is 3.74. The summed E-state index contributed by atoms with van der Waals surface area (Å²) in [5.74, 6) is 0.504. The van der Waals surface area contributed by atoms with Crippen LogP contribution in [-0.2, 0) is 11.2 Å². The Hall–Kier alpha value is -3.38. The van der Waals surface area contributed by atoms with Crippen LogP contribution in [0.1, 0.15) is 22.8 Å². The van der Waals surface area contributed by atoms with Gasteiger partial charge in [-0.1, -0.05) is 23.7 Å². The van der Waals surface area contributed by atoms with Gasteiger partial charge in [-0.25, -0.2) is 4.99 Å². The van der Waals surface area contributed by atoms with E-state index in [1.165, 1.54) is 4.90 Å². The number of hydrogen-bond donors (Lipinski definition) is 1. The van der Waals surface area contributed by atoms with E-state index in [2.05, 4.69) is 10.3 Å². The van der Waals surface area contributed by atoms with Crippen molar-refractivity contribution in [2.45, 2.75) is 19.0 Å². The highest BCUT2D eigenvalue weighted by Crippen LogP contribution is 2.29. The highest BCUT2D eigenvalue weighted by Gasteiger charge is 2.49. The van der Waals surface area contributed by atoms with Gasteiger partial charge in [0.05, 0.1) is 7.11 Å². The summed E-state index contributed by atoms with van der Waals surface area (Å²) < 4.78 is 5.21. The van der Waals surface area contributed by atoms with E-state index in [1.807, 2.05) is 43.3 Å². The molecule has 0 unspecified atom stereocenters. The Morgan fingerprint density at radius 3 is 2.53 bits per heavy atom. The summed E-state index contributed by atoms with van der Waals surface area (Å²) >= 11 is 5.93. The predicted molar refractivity (Wildman–Crippen MR) is 116 cm³/mol. The fraction of sp³-hybridized carbons (Fsp3) is 0.174. The van der Waals surface area contributed by atoms with Crippen molar-refractivity contribution < 1.29 is 14.3 Å². The van der Waals surface area contributed by atoms with Crippen molar-refractivity contribution >= 4 is 29.3 Å². The van der Waals surface area contributed by atoms with Crippen LogP contribution in [0.3, 0.4) is 0 Å². The number of rotatable bonds is 5. The van der Waals surface area contributed by atoms with Crippen molar-refractivity contribution in [3.8, 4) is 5.75 Å². The first-order valence-electron chi connectivity index (χ1n) is 9.41. The summed E-state index contributed by atoms with van der Waals surface area (Å²) in [6.07, 6.45) is 5.54. The van der Waals surface area contributed by atoms with Crippen LogP contribution in [0, 0.1) is 0 Å². The number of nitrogens with one attached hydrogen (secondary N) is 1. The molecule has 2 heterocycles. The van der Waals surface area contributed by atoms with E-state index < -0.39 is 11.6 Å². The second kappa shape index (κ2) is 7.80. The summed E-state index contributed by atoms with van der Waals surface area (Å²) in [6.45, 7) is 1.93. The summed E-state index contributed by atoms with van der Waals surface area (Å²) in [4.78, 5) is 32.5. The van der Waals surface area contributed by atoms with Crippen molar-refractivity contribution in [1.29, 1.82) is 0 Å². The Kier molecular flexibility index (Phi) is 5.18. The van der Waals surface area contributed by atoms with Crippen molar-refractivity contribution in [3.05, 3.63) is 88.6 Å². The molecule has 0 saturated carbocycles. The topological polar surface area (TPSA) is 71.0 Å². The van der Waals surface area contributed by atoms with Crippen molar-refractivity contribution in [2.75, 3.05) is 7.11 Å². The zero-order valence-corrected chi connectivity index (χ0v) is 17.3. The SMILES string of the molecule is COc1ccc(C[C@]2(NC(=O)c3ccc(Cl)cc3)N=C3C=C(C)C=CN3C2=O)cc1. The number of aliphatic imine (C=N–C) groups is 1. The average molecular weight is 422 g/mol. The van der Waals surface area contributed by atoms with E-state index >= 15 is 0 Å². The van der Waals surface area contributed by atoms with Gasteiger partial charge in [0.15, 0.2) is 0 Å². The van der Waals surface area contributed by atoms with Crippen LogP contribution in [0.15, 0.2) is 77.4 Å².